The minimum absolute atomic E-state index is 0.148. The Bertz CT molecular complexity index is 1100. The lowest BCUT2D eigenvalue weighted by atomic mass is 10.1. The Balaban J connectivity index is 1.68. The van der Waals surface area contributed by atoms with Crippen LogP contribution in [0, 0.1) is 0 Å². The molecule has 0 radical (unpaired) electrons. The van der Waals surface area contributed by atoms with Gasteiger partial charge in [0.15, 0.2) is 0 Å². The van der Waals surface area contributed by atoms with Crippen molar-refractivity contribution in [3.63, 3.8) is 0 Å². The number of carbonyl (C=O) groups excluding carboxylic acids is 1. The Kier molecular flexibility index (Phi) is 5.24. The molecule has 1 amide bonds. The number of rotatable bonds is 6. The fourth-order valence-corrected chi connectivity index (χ4v) is 3.26. The molecule has 6 nitrogen and oxygen atoms in total. The van der Waals surface area contributed by atoms with E-state index in [9.17, 15) is 4.79 Å². The lowest BCUT2D eigenvalue weighted by Gasteiger charge is -2.11. The zero-order valence-corrected chi connectivity index (χ0v) is 16.5. The lowest BCUT2D eigenvalue weighted by molar-refractivity contribution is 0.102. The van der Waals surface area contributed by atoms with E-state index in [2.05, 4.69) is 10.4 Å². The van der Waals surface area contributed by atoms with E-state index in [1.807, 2.05) is 79.2 Å². The van der Waals surface area contributed by atoms with Crippen LogP contribution in [0.2, 0.25) is 0 Å². The fourth-order valence-electron chi connectivity index (χ4n) is 3.26. The van der Waals surface area contributed by atoms with E-state index in [1.54, 1.807) is 23.1 Å². The number of aromatic nitrogens is 4. The van der Waals surface area contributed by atoms with Gasteiger partial charge in [-0.1, -0.05) is 60.7 Å². The van der Waals surface area contributed by atoms with Crippen LogP contribution >= 0.6 is 0 Å². The first kappa shape index (κ1) is 18.7. The molecular weight excluding hydrogens is 362 g/mol. The lowest BCUT2D eigenvalue weighted by Crippen LogP contribution is -2.17. The van der Waals surface area contributed by atoms with Gasteiger partial charge in [-0.2, -0.15) is 10.2 Å². The molecule has 0 aliphatic carbocycles. The second kappa shape index (κ2) is 8.14. The molecule has 0 spiro atoms. The van der Waals surface area contributed by atoms with Gasteiger partial charge in [0.1, 0.15) is 11.5 Å². The first-order valence-electron chi connectivity index (χ1n) is 9.63. The smallest absolute Gasteiger partial charge is 0.260 e. The van der Waals surface area contributed by atoms with Crippen molar-refractivity contribution >= 4 is 11.7 Å². The quantitative estimate of drug-likeness (QED) is 0.526. The Morgan fingerprint density at radius 3 is 2.38 bits per heavy atom. The Morgan fingerprint density at radius 1 is 1.00 bits per heavy atom. The van der Waals surface area contributed by atoms with Gasteiger partial charge in [0.25, 0.3) is 5.91 Å². The maximum absolute atomic E-state index is 13.1. The van der Waals surface area contributed by atoms with Crippen LogP contribution in [0.3, 0.4) is 0 Å². The highest BCUT2D eigenvalue weighted by Crippen LogP contribution is 2.24. The van der Waals surface area contributed by atoms with Crippen molar-refractivity contribution in [3.05, 3.63) is 90.3 Å². The summed E-state index contributed by atoms with van der Waals surface area (Å²) in [5, 5.41) is 12.0. The molecule has 0 unspecified atom stereocenters. The van der Waals surface area contributed by atoms with E-state index < -0.39 is 0 Å². The molecule has 0 atom stereocenters. The van der Waals surface area contributed by atoms with Gasteiger partial charge in [-0.15, -0.1) is 0 Å². The molecule has 146 valence electrons. The van der Waals surface area contributed by atoms with Crippen LogP contribution in [-0.2, 0) is 6.54 Å². The van der Waals surface area contributed by atoms with Gasteiger partial charge in [-0.25, -0.2) is 4.68 Å². The Hall–Kier alpha value is -3.67. The monoisotopic (exact) mass is 385 g/mol. The summed E-state index contributed by atoms with van der Waals surface area (Å²) in [6.07, 6.45) is 3.49. The summed E-state index contributed by atoms with van der Waals surface area (Å²) < 4.78 is 3.60. The van der Waals surface area contributed by atoms with Gasteiger partial charge in [0.2, 0.25) is 0 Å². The predicted octanol–water partition coefficient (Wildman–Crippen LogP) is 4.63. The molecule has 29 heavy (non-hydrogen) atoms. The average Bonchev–Trinajstić information content (AvgIpc) is 3.36. The molecule has 0 fully saturated rings. The molecule has 0 saturated carbocycles. The van der Waals surface area contributed by atoms with Crippen molar-refractivity contribution in [1.29, 1.82) is 0 Å². The van der Waals surface area contributed by atoms with Crippen molar-refractivity contribution < 1.29 is 4.79 Å². The highest BCUT2D eigenvalue weighted by molar-refractivity contribution is 6.07. The number of benzene rings is 2. The molecule has 0 saturated heterocycles. The number of anilines is 1. The number of nitrogens with zero attached hydrogens (tertiary/aromatic N) is 4. The predicted molar refractivity (Wildman–Crippen MR) is 114 cm³/mol. The number of carbonyl (C=O) groups is 1. The van der Waals surface area contributed by atoms with E-state index in [0.717, 1.165) is 11.1 Å². The summed E-state index contributed by atoms with van der Waals surface area (Å²) in [6.45, 7) is 4.64. The molecule has 6 heteroatoms. The van der Waals surface area contributed by atoms with E-state index >= 15 is 0 Å². The van der Waals surface area contributed by atoms with Crippen molar-refractivity contribution in [2.45, 2.75) is 26.4 Å². The molecule has 0 bridgehead atoms. The highest BCUT2D eigenvalue weighted by atomic mass is 16.1. The van der Waals surface area contributed by atoms with Crippen LogP contribution in [0.1, 0.15) is 35.8 Å². The van der Waals surface area contributed by atoms with Gasteiger partial charge < -0.3 is 5.32 Å². The third kappa shape index (κ3) is 4.11. The number of amides is 1. The van der Waals surface area contributed by atoms with Gasteiger partial charge in [-0.3, -0.25) is 9.48 Å². The molecule has 4 rings (SSSR count). The first-order valence-corrected chi connectivity index (χ1v) is 9.63. The molecule has 2 aromatic carbocycles. The van der Waals surface area contributed by atoms with Crippen LogP contribution in [-0.4, -0.2) is 25.5 Å². The normalized spacial score (nSPS) is 11.0. The molecule has 0 aliphatic rings. The van der Waals surface area contributed by atoms with Crippen LogP contribution in [0.25, 0.3) is 11.3 Å². The van der Waals surface area contributed by atoms with E-state index in [-0.39, 0.29) is 11.9 Å². The van der Waals surface area contributed by atoms with Gasteiger partial charge >= 0.3 is 0 Å². The Morgan fingerprint density at radius 2 is 1.69 bits per heavy atom. The second-order valence-electron chi connectivity index (χ2n) is 7.15. The zero-order chi connectivity index (χ0) is 20.2. The fraction of sp³-hybridized carbons (Fsp3) is 0.174. The standard InChI is InChI=1S/C23H23N5O/c1-17(2)28-21(13-14-24-28)25-23(29)20-16-27(15-18-9-5-3-6-10-18)26-22(20)19-11-7-4-8-12-19/h3-14,16-17H,15H2,1-2H3,(H,25,29). The summed E-state index contributed by atoms with van der Waals surface area (Å²) in [6, 6.07) is 21.8. The molecular formula is C23H23N5O. The van der Waals surface area contributed by atoms with Crippen LogP contribution in [0.5, 0.6) is 0 Å². The van der Waals surface area contributed by atoms with E-state index in [4.69, 9.17) is 5.10 Å². The van der Waals surface area contributed by atoms with Gasteiger partial charge in [0, 0.05) is 23.9 Å². The highest BCUT2D eigenvalue weighted by Gasteiger charge is 2.20. The molecule has 0 aliphatic heterocycles. The molecule has 4 aromatic rings. The molecule has 2 heterocycles. The van der Waals surface area contributed by atoms with E-state index in [0.29, 0.717) is 23.6 Å². The Labute approximate surface area is 169 Å². The van der Waals surface area contributed by atoms with Gasteiger partial charge in [-0.05, 0) is 19.4 Å². The average molecular weight is 385 g/mol. The maximum atomic E-state index is 13.1. The number of hydrogen-bond acceptors (Lipinski definition) is 3. The van der Waals surface area contributed by atoms with Crippen LogP contribution in [0.15, 0.2) is 79.1 Å². The van der Waals surface area contributed by atoms with Crippen molar-refractivity contribution in [2.24, 2.45) is 0 Å². The zero-order valence-electron chi connectivity index (χ0n) is 16.5. The number of hydrogen-bond donors (Lipinski definition) is 1. The minimum Gasteiger partial charge on any atom is -0.307 e. The maximum Gasteiger partial charge on any atom is 0.260 e. The van der Waals surface area contributed by atoms with Gasteiger partial charge in [0.05, 0.1) is 18.3 Å². The SMILES string of the molecule is CC(C)n1nccc1NC(=O)c1cn(Cc2ccccc2)nc1-c1ccccc1. The van der Waals surface area contributed by atoms with Crippen LogP contribution < -0.4 is 5.32 Å². The molecule has 1 N–H and O–H groups in total. The summed E-state index contributed by atoms with van der Waals surface area (Å²) in [5.41, 5.74) is 3.22. The second-order valence-corrected chi connectivity index (χ2v) is 7.15. The third-order valence-electron chi connectivity index (χ3n) is 4.64. The largest absolute Gasteiger partial charge is 0.307 e. The summed E-state index contributed by atoms with van der Waals surface area (Å²) >= 11 is 0. The van der Waals surface area contributed by atoms with E-state index in [1.165, 1.54) is 0 Å². The number of nitrogens with one attached hydrogen (secondary N) is 1. The van der Waals surface area contributed by atoms with Crippen LogP contribution in [0.4, 0.5) is 5.82 Å². The van der Waals surface area contributed by atoms with Crippen molar-refractivity contribution in [2.75, 3.05) is 5.32 Å². The van der Waals surface area contributed by atoms with Crippen molar-refractivity contribution in [3.8, 4) is 11.3 Å². The molecule has 2 aromatic heterocycles. The summed E-state index contributed by atoms with van der Waals surface area (Å²) in [5.74, 6) is 0.463. The summed E-state index contributed by atoms with van der Waals surface area (Å²) in [7, 11) is 0. The topological polar surface area (TPSA) is 64.7 Å². The summed E-state index contributed by atoms with van der Waals surface area (Å²) in [4.78, 5) is 13.1. The first-order chi connectivity index (χ1) is 14.1. The third-order valence-corrected chi connectivity index (χ3v) is 4.64. The van der Waals surface area contributed by atoms with Crippen molar-refractivity contribution in [1.82, 2.24) is 19.6 Å². The minimum atomic E-state index is -0.203.